The maximum Gasteiger partial charge on any atom is 0.190 e. The number of benzene rings is 1. The number of ketones is 1. The lowest BCUT2D eigenvalue weighted by Crippen LogP contribution is -3.14. The Labute approximate surface area is 170 Å². The van der Waals surface area contributed by atoms with E-state index < -0.39 is 0 Å². The Bertz CT molecular complexity index is 849. The molecule has 1 fully saturated rings. The van der Waals surface area contributed by atoms with Gasteiger partial charge in [-0.1, -0.05) is 11.3 Å². The fourth-order valence-electron chi connectivity index (χ4n) is 3.45. The Morgan fingerprint density at radius 1 is 1.29 bits per heavy atom. The van der Waals surface area contributed by atoms with Crippen molar-refractivity contribution in [3.8, 4) is 5.75 Å². The van der Waals surface area contributed by atoms with Crippen molar-refractivity contribution in [2.75, 3.05) is 39.5 Å². The number of quaternary nitrogens is 1. The predicted octanol–water partition coefficient (Wildman–Crippen LogP) is 2.00. The van der Waals surface area contributed by atoms with Gasteiger partial charge in [0.2, 0.25) is 0 Å². The van der Waals surface area contributed by atoms with E-state index in [4.69, 9.17) is 14.5 Å². The zero-order valence-corrected chi connectivity index (χ0v) is 17.8. The molecule has 0 aliphatic carbocycles. The number of nitrogens with one attached hydrogen (secondary N) is 1. The average Bonchev–Trinajstić information content (AvgIpc) is 3.00. The van der Waals surface area contributed by atoms with E-state index in [0.29, 0.717) is 6.61 Å². The summed E-state index contributed by atoms with van der Waals surface area (Å²) in [5.74, 6) is 0.942. The zero-order valence-electron chi connectivity index (χ0n) is 17.0. The Hall–Kier alpha value is -1.96. The third kappa shape index (κ3) is 5.31. The Kier molecular flexibility index (Phi) is 7.42. The topological polar surface area (TPSA) is 57.3 Å². The van der Waals surface area contributed by atoms with Crippen LogP contribution in [-0.2, 0) is 11.3 Å². The van der Waals surface area contributed by atoms with E-state index in [1.165, 1.54) is 11.3 Å². The van der Waals surface area contributed by atoms with Crippen molar-refractivity contribution in [3.63, 3.8) is 0 Å². The second-order valence-corrected chi connectivity index (χ2v) is 7.99. The second kappa shape index (κ2) is 10.0. The number of carbonyl (C=O) groups excluding carboxylic acids is 1. The van der Waals surface area contributed by atoms with Gasteiger partial charge < -0.3 is 18.9 Å². The number of hydrogen-bond donors (Lipinski definition) is 1. The lowest BCUT2D eigenvalue weighted by Gasteiger charge is -2.23. The highest BCUT2D eigenvalue weighted by Gasteiger charge is 2.16. The maximum atomic E-state index is 12.0. The summed E-state index contributed by atoms with van der Waals surface area (Å²) < 4.78 is 13.1. The largest absolute Gasteiger partial charge is 0.494 e. The summed E-state index contributed by atoms with van der Waals surface area (Å²) >= 11 is 1.48. The van der Waals surface area contributed by atoms with Gasteiger partial charge in [-0.25, -0.2) is 4.99 Å². The first kappa shape index (κ1) is 20.8. The van der Waals surface area contributed by atoms with Gasteiger partial charge in [-0.05, 0) is 38.1 Å². The molecule has 0 bridgehead atoms. The number of carbonyl (C=O) groups is 1. The van der Waals surface area contributed by atoms with Gasteiger partial charge in [-0.15, -0.1) is 0 Å². The van der Waals surface area contributed by atoms with E-state index in [0.717, 1.165) is 72.6 Å². The third-order valence-corrected chi connectivity index (χ3v) is 6.24. The monoisotopic (exact) mass is 404 g/mol. The summed E-state index contributed by atoms with van der Waals surface area (Å²) in [7, 11) is 0. The number of thiazole rings is 1. The molecule has 1 aliphatic rings. The molecule has 0 amide bonds. The molecule has 2 aromatic rings. The van der Waals surface area contributed by atoms with Crippen molar-refractivity contribution in [2.45, 2.75) is 33.7 Å². The fourth-order valence-corrected chi connectivity index (χ4v) is 4.52. The molecule has 1 N–H and O–H groups in total. The number of rotatable bonds is 8. The minimum atomic E-state index is 0.100. The van der Waals surface area contributed by atoms with Crippen molar-refractivity contribution in [2.24, 2.45) is 4.99 Å². The summed E-state index contributed by atoms with van der Waals surface area (Å²) in [6, 6.07) is 7.77. The fraction of sp³-hybridized carbons (Fsp3) is 0.524. The summed E-state index contributed by atoms with van der Waals surface area (Å²) in [6.45, 7) is 12.1. The molecule has 0 unspecified atom stereocenters. The predicted molar refractivity (Wildman–Crippen MR) is 111 cm³/mol. The summed E-state index contributed by atoms with van der Waals surface area (Å²) in [5.41, 5.74) is 1.88. The van der Waals surface area contributed by atoms with Crippen molar-refractivity contribution in [3.05, 3.63) is 39.6 Å². The molecule has 3 rings (SSSR count). The highest BCUT2D eigenvalue weighted by atomic mass is 32.1. The highest BCUT2D eigenvalue weighted by molar-refractivity contribution is 7.11. The van der Waals surface area contributed by atoms with Crippen LogP contribution in [0.3, 0.4) is 0 Å². The molecule has 152 valence electrons. The Morgan fingerprint density at radius 2 is 2.00 bits per heavy atom. The summed E-state index contributed by atoms with van der Waals surface area (Å²) in [4.78, 5) is 20.1. The first-order valence-corrected chi connectivity index (χ1v) is 10.8. The van der Waals surface area contributed by atoms with Gasteiger partial charge in [0.05, 0.1) is 36.9 Å². The van der Waals surface area contributed by atoms with Gasteiger partial charge in [0.25, 0.3) is 0 Å². The molecule has 0 spiro atoms. The van der Waals surface area contributed by atoms with Gasteiger partial charge >= 0.3 is 0 Å². The molecule has 0 atom stereocenters. The third-order valence-electron chi connectivity index (χ3n) is 4.96. The van der Waals surface area contributed by atoms with Gasteiger partial charge in [0.1, 0.15) is 18.8 Å². The highest BCUT2D eigenvalue weighted by Crippen LogP contribution is 2.19. The molecule has 0 saturated carbocycles. The van der Waals surface area contributed by atoms with Crippen molar-refractivity contribution in [1.29, 1.82) is 0 Å². The van der Waals surface area contributed by atoms with Crippen LogP contribution in [0.25, 0.3) is 0 Å². The number of nitrogens with zero attached hydrogens (tertiary/aromatic N) is 2. The van der Waals surface area contributed by atoms with Gasteiger partial charge in [-0.3, -0.25) is 4.79 Å². The molecule has 1 aromatic heterocycles. The molecular formula is C21H30N3O3S+. The van der Waals surface area contributed by atoms with Crippen LogP contribution in [0.2, 0.25) is 0 Å². The number of Topliss-reactive ketones (excluding diaryl/α,β-unsaturated/α-hetero) is 1. The van der Waals surface area contributed by atoms with Crippen LogP contribution < -0.4 is 14.4 Å². The van der Waals surface area contributed by atoms with Crippen LogP contribution >= 0.6 is 11.3 Å². The van der Waals surface area contributed by atoms with Crippen LogP contribution in [0.4, 0.5) is 5.69 Å². The van der Waals surface area contributed by atoms with Crippen LogP contribution in [-0.4, -0.2) is 49.8 Å². The van der Waals surface area contributed by atoms with Crippen molar-refractivity contribution >= 4 is 22.8 Å². The van der Waals surface area contributed by atoms with E-state index in [9.17, 15) is 4.79 Å². The Balaban J connectivity index is 1.80. The minimum Gasteiger partial charge on any atom is -0.494 e. The standard InChI is InChI=1S/C21H29N3O3S/c1-4-27-19-8-6-18(7-9-19)22-21-24(16(2)20(28-21)17(3)25)11-5-10-23-12-14-26-15-13-23/h6-9H,4-5,10-15H2,1-3H3/p+1. The Morgan fingerprint density at radius 3 is 2.64 bits per heavy atom. The molecule has 0 radical (unpaired) electrons. The van der Waals surface area contributed by atoms with E-state index in [1.54, 1.807) is 11.8 Å². The van der Waals surface area contributed by atoms with E-state index >= 15 is 0 Å². The van der Waals surface area contributed by atoms with E-state index in [2.05, 4.69) is 4.57 Å². The lowest BCUT2D eigenvalue weighted by atomic mass is 10.3. The first-order valence-electron chi connectivity index (χ1n) is 9.98. The van der Waals surface area contributed by atoms with E-state index in [1.807, 2.05) is 38.1 Å². The van der Waals surface area contributed by atoms with Gasteiger partial charge in [0, 0.05) is 25.6 Å². The summed E-state index contributed by atoms with van der Waals surface area (Å²) in [6.07, 6.45) is 1.06. The maximum absolute atomic E-state index is 12.0. The van der Waals surface area contributed by atoms with Crippen molar-refractivity contribution in [1.82, 2.24) is 4.57 Å². The lowest BCUT2D eigenvalue weighted by molar-refractivity contribution is -0.908. The van der Waals surface area contributed by atoms with Gasteiger partial charge in [0.15, 0.2) is 10.6 Å². The zero-order chi connectivity index (χ0) is 19.9. The SMILES string of the molecule is CCOc1ccc(N=c2sc(C(C)=O)c(C)n2CCC[NH+]2CCOCC2)cc1. The number of morpholine rings is 1. The number of ether oxygens (including phenoxy) is 2. The normalized spacial score (nSPS) is 15.8. The van der Waals surface area contributed by atoms with Gasteiger partial charge in [-0.2, -0.15) is 0 Å². The molecule has 6 nitrogen and oxygen atoms in total. The molecule has 1 aromatic carbocycles. The van der Waals surface area contributed by atoms with Crippen LogP contribution in [0.15, 0.2) is 29.3 Å². The molecule has 1 saturated heterocycles. The minimum absolute atomic E-state index is 0.100. The number of aromatic nitrogens is 1. The molecule has 1 aliphatic heterocycles. The molecule has 2 heterocycles. The summed E-state index contributed by atoms with van der Waals surface area (Å²) in [5, 5.41) is 0. The van der Waals surface area contributed by atoms with E-state index in [-0.39, 0.29) is 5.78 Å². The average molecular weight is 405 g/mol. The van der Waals surface area contributed by atoms with Crippen LogP contribution in [0.1, 0.15) is 35.6 Å². The van der Waals surface area contributed by atoms with Crippen LogP contribution in [0, 0.1) is 6.92 Å². The van der Waals surface area contributed by atoms with Crippen molar-refractivity contribution < 1.29 is 19.2 Å². The quantitative estimate of drug-likeness (QED) is 0.685. The first-order chi connectivity index (χ1) is 13.6. The molecular weight excluding hydrogens is 374 g/mol. The second-order valence-electron chi connectivity index (χ2n) is 7.01. The molecule has 28 heavy (non-hydrogen) atoms. The smallest absolute Gasteiger partial charge is 0.190 e. The van der Waals surface area contributed by atoms with Crippen LogP contribution in [0.5, 0.6) is 5.75 Å². The number of hydrogen-bond acceptors (Lipinski definition) is 5. The molecule has 7 heteroatoms.